The molecule has 0 fully saturated rings. The van der Waals surface area contributed by atoms with E-state index in [9.17, 15) is 17.3 Å². The number of rotatable bonds is 0. The molecule has 0 atom stereocenters. The third kappa shape index (κ3) is 1.50. The summed E-state index contributed by atoms with van der Waals surface area (Å²) in [5, 5.41) is 0.248. The van der Waals surface area contributed by atoms with E-state index in [1.807, 2.05) is 0 Å². The van der Waals surface area contributed by atoms with E-state index >= 15 is 0 Å². The zero-order valence-corrected chi connectivity index (χ0v) is 9.61. The molecule has 0 aliphatic carbocycles. The smallest absolute Gasteiger partial charge is 0.569 e. The SMILES string of the molecule is F[B-]1(F)Oc2ccc3c4c(ccc(c24)=[O+]1)O[B-](F)(F)[O+]=3. The van der Waals surface area contributed by atoms with Crippen LogP contribution in [-0.4, -0.2) is 14.2 Å². The fourth-order valence-corrected chi connectivity index (χ4v) is 2.40. The van der Waals surface area contributed by atoms with Crippen molar-refractivity contribution >= 4 is 25.0 Å². The summed E-state index contributed by atoms with van der Waals surface area (Å²) in [4.78, 5) is 0. The predicted molar refractivity (Wildman–Crippen MR) is 64.9 cm³/mol. The molecule has 0 N–H and O–H groups in total. The molecule has 0 unspecified atom stereocenters. The van der Waals surface area contributed by atoms with Crippen molar-refractivity contribution in [1.29, 1.82) is 0 Å². The van der Waals surface area contributed by atoms with Gasteiger partial charge in [-0.25, -0.2) is 0 Å². The van der Waals surface area contributed by atoms with Crippen molar-refractivity contribution in [2.45, 2.75) is 0 Å². The zero-order valence-electron chi connectivity index (χ0n) is 9.61. The van der Waals surface area contributed by atoms with Crippen LogP contribution in [0, 0.1) is 0 Å². The summed E-state index contributed by atoms with van der Waals surface area (Å²) in [5.74, 6) is -0.330. The van der Waals surface area contributed by atoms with Crippen LogP contribution >= 0.6 is 0 Å². The lowest BCUT2D eigenvalue weighted by Crippen LogP contribution is -2.39. The second-order valence-electron chi connectivity index (χ2n) is 4.42. The van der Waals surface area contributed by atoms with Gasteiger partial charge in [0.25, 0.3) is 10.9 Å². The van der Waals surface area contributed by atoms with Gasteiger partial charge in [-0.1, -0.05) is 0 Å². The molecule has 4 rings (SSSR count). The van der Waals surface area contributed by atoms with Crippen molar-refractivity contribution in [2.75, 3.05) is 0 Å². The number of hydrogen-bond donors (Lipinski definition) is 0. The Morgan fingerprint density at radius 3 is 1.50 bits per heavy atom. The summed E-state index contributed by atoms with van der Waals surface area (Å²) in [5.41, 5.74) is -0.330. The van der Waals surface area contributed by atoms with Gasteiger partial charge in [-0.2, -0.15) is 0 Å². The van der Waals surface area contributed by atoms with Gasteiger partial charge in [0.1, 0.15) is 10.8 Å². The average molecular weight is 286 g/mol. The first-order chi connectivity index (χ1) is 9.35. The van der Waals surface area contributed by atoms with E-state index in [2.05, 4.69) is 18.0 Å². The maximum atomic E-state index is 13.3. The van der Waals surface area contributed by atoms with E-state index in [-0.39, 0.29) is 33.1 Å². The summed E-state index contributed by atoms with van der Waals surface area (Å²) in [6.45, 7) is 0. The quantitative estimate of drug-likeness (QED) is 0.419. The summed E-state index contributed by atoms with van der Waals surface area (Å²) >= 11 is 0. The van der Waals surface area contributed by atoms with Crippen molar-refractivity contribution < 1.29 is 26.6 Å². The van der Waals surface area contributed by atoms with E-state index in [1.54, 1.807) is 0 Å². The number of benzene rings is 2. The Morgan fingerprint density at radius 1 is 0.700 bits per heavy atom. The molecule has 0 amide bonds. The van der Waals surface area contributed by atoms with Crippen LogP contribution in [0.2, 0.25) is 0 Å². The van der Waals surface area contributed by atoms with Crippen molar-refractivity contribution in [2.24, 2.45) is 0 Å². The molecule has 10 heteroatoms. The van der Waals surface area contributed by atoms with Crippen LogP contribution in [0.5, 0.6) is 11.5 Å². The van der Waals surface area contributed by atoms with Crippen LogP contribution in [0.15, 0.2) is 33.0 Å². The lowest BCUT2D eigenvalue weighted by atomic mass is 10.0. The normalized spacial score (nSPS) is 20.4. The monoisotopic (exact) mass is 286 g/mol. The summed E-state index contributed by atoms with van der Waals surface area (Å²) in [6.07, 6.45) is 0. The van der Waals surface area contributed by atoms with Gasteiger partial charge in [0.15, 0.2) is 0 Å². The molecule has 0 radical (unpaired) electrons. The summed E-state index contributed by atoms with van der Waals surface area (Å²) in [6, 6.07) is 4.56. The minimum Gasteiger partial charge on any atom is -0.569 e. The maximum absolute atomic E-state index is 13.3. The van der Waals surface area contributed by atoms with Crippen molar-refractivity contribution in [3.63, 3.8) is 0 Å². The minimum atomic E-state index is -4.48. The van der Waals surface area contributed by atoms with Gasteiger partial charge in [0, 0.05) is 12.1 Å². The van der Waals surface area contributed by atoms with E-state index in [0.29, 0.717) is 0 Å². The second kappa shape index (κ2) is 3.25. The molecule has 2 aliphatic rings. The molecule has 0 saturated carbocycles. The minimum absolute atomic E-state index is 0.124. The topological polar surface area (TPSA) is 41.1 Å². The highest BCUT2D eigenvalue weighted by molar-refractivity contribution is 6.63. The Balaban J connectivity index is 2.23. The molecule has 20 heavy (non-hydrogen) atoms. The highest BCUT2D eigenvalue weighted by atomic mass is 19.3. The van der Waals surface area contributed by atoms with Crippen molar-refractivity contribution in [3.8, 4) is 11.5 Å². The van der Waals surface area contributed by atoms with E-state index in [1.165, 1.54) is 0 Å². The molecular formula is C10H4B2F4O4. The third-order valence-electron chi connectivity index (χ3n) is 3.06. The predicted octanol–water partition coefficient (Wildman–Crippen LogP) is 1.60. The maximum Gasteiger partial charge on any atom is 0.995 e. The van der Waals surface area contributed by atoms with E-state index in [0.717, 1.165) is 24.3 Å². The lowest BCUT2D eigenvalue weighted by molar-refractivity contribution is 0.384. The fourth-order valence-electron chi connectivity index (χ4n) is 2.40. The standard InChI is InChI=1S/C10H4B2F4O4/c13-11(14)17-5-1-2-6-10-8(20-12(15,16)18-6)4-3-7(19-11)9(5)10/h1-4H. The van der Waals surface area contributed by atoms with Crippen LogP contribution in [0.3, 0.4) is 0 Å². The molecule has 2 heterocycles. The number of halogens is 4. The van der Waals surface area contributed by atoms with Crippen LogP contribution in [-0.2, 0) is 0 Å². The molecule has 0 aromatic heterocycles. The van der Waals surface area contributed by atoms with Gasteiger partial charge in [-0.15, -0.1) is 0 Å². The Hall–Kier alpha value is -2.25. The van der Waals surface area contributed by atoms with Gasteiger partial charge in [0.05, 0.1) is 11.5 Å². The van der Waals surface area contributed by atoms with E-state index < -0.39 is 14.2 Å². The Morgan fingerprint density at radius 2 is 1.10 bits per heavy atom. The van der Waals surface area contributed by atoms with Crippen molar-refractivity contribution in [1.82, 2.24) is 0 Å². The number of hydrogen-bond acceptors (Lipinski definition) is 2. The van der Waals surface area contributed by atoms with Crippen LogP contribution in [0.4, 0.5) is 17.3 Å². The molecular weight excluding hydrogens is 282 g/mol. The van der Waals surface area contributed by atoms with Crippen LogP contribution in [0.25, 0.3) is 10.8 Å². The van der Waals surface area contributed by atoms with Gasteiger partial charge in [-0.05, 0) is 12.1 Å². The lowest BCUT2D eigenvalue weighted by Gasteiger charge is -2.21. The Kier molecular flexibility index (Phi) is 1.88. The average Bonchev–Trinajstić information content (AvgIpc) is 2.32. The molecule has 2 aromatic carbocycles. The largest absolute Gasteiger partial charge is 0.995 e. The van der Waals surface area contributed by atoms with Gasteiger partial charge < -0.3 is 35.3 Å². The summed E-state index contributed by atoms with van der Waals surface area (Å²) in [7, 11) is -8.97. The highest BCUT2D eigenvalue weighted by Gasteiger charge is 2.55. The van der Waals surface area contributed by atoms with Crippen molar-refractivity contribution in [3.05, 3.63) is 43.8 Å². The molecule has 4 nitrogen and oxygen atoms in total. The highest BCUT2D eigenvalue weighted by Crippen LogP contribution is 2.34. The van der Waals surface area contributed by atoms with E-state index in [4.69, 9.17) is 0 Å². The first-order valence-electron chi connectivity index (χ1n) is 5.70. The van der Waals surface area contributed by atoms with Crippen LogP contribution in [0.1, 0.15) is 0 Å². The Labute approximate surface area is 108 Å². The first kappa shape index (κ1) is 11.6. The van der Waals surface area contributed by atoms with Gasteiger partial charge in [0.2, 0.25) is 0 Å². The Bertz CT molecular complexity index is 810. The fraction of sp³-hybridized carbons (Fsp3) is 0. The molecule has 0 spiro atoms. The summed E-state index contributed by atoms with van der Waals surface area (Å²) < 4.78 is 70.8. The molecule has 2 aliphatic heterocycles. The molecule has 102 valence electrons. The van der Waals surface area contributed by atoms with Crippen LogP contribution < -0.4 is 20.2 Å². The van der Waals surface area contributed by atoms with Gasteiger partial charge in [-0.3, -0.25) is 0 Å². The second-order valence-corrected chi connectivity index (χ2v) is 4.42. The molecule has 0 saturated heterocycles. The zero-order chi connectivity index (χ0) is 14.1. The molecule has 2 aromatic rings. The van der Waals surface area contributed by atoms with Gasteiger partial charge >= 0.3 is 14.2 Å². The first-order valence-corrected chi connectivity index (χ1v) is 5.70. The molecule has 0 bridgehead atoms. The third-order valence-corrected chi connectivity index (χ3v) is 3.06.